The van der Waals surface area contributed by atoms with Crippen LogP contribution in [0.1, 0.15) is 44.5 Å². The molecule has 178 valence electrons. The molecule has 0 fully saturated rings. The van der Waals surface area contributed by atoms with E-state index in [2.05, 4.69) is 15.3 Å². The van der Waals surface area contributed by atoms with Crippen LogP contribution in [-0.4, -0.2) is 47.9 Å². The van der Waals surface area contributed by atoms with Crippen LogP contribution < -0.4 is 5.32 Å². The van der Waals surface area contributed by atoms with Gasteiger partial charge in [0.2, 0.25) is 15.9 Å². The highest BCUT2D eigenvalue weighted by molar-refractivity contribution is 7.89. The second kappa shape index (κ2) is 10.9. The maximum absolute atomic E-state index is 13.2. The topological polar surface area (TPSA) is 92.3 Å². The number of allylic oxidation sites excluding steroid dienone is 2. The van der Waals surface area contributed by atoms with Gasteiger partial charge in [0.05, 0.1) is 36.0 Å². The molecule has 7 nitrogen and oxygen atoms in total. The Hall–Kier alpha value is -2.72. The third kappa shape index (κ3) is 6.42. The van der Waals surface area contributed by atoms with Gasteiger partial charge in [0, 0.05) is 6.04 Å². The summed E-state index contributed by atoms with van der Waals surface area (Å²) in [7, 11) is -3.98. The van der Waals surface area contributed by atoms with Gasteiger partial charge in [-0.2, -0.15) is 4.31 Å². The summed E-state index contributed by atoms with van der Waals surface area (Å²) >= 11 is 0. The summed E-state index contributed by atoms with van der Waals surface area (Å²) in [4.78, 5) is 20.9. The van der Waals surface area contributed by atoms with E-state index in [9.17, 15) is 22.0 Å². The van der Waals surface area contributed by atoms with Gasteiger partial charge >= 0.3 is 0 Å². The van der Waals surface area contributed by atoms with Crippen LogP contribution in [-0.2, 0) is 21.4 Å². The van der Waals surface area contributed by atoms with Crippen molar-refractivity contribution < 1.29 is 22.0 Å². The predicted molar refractivity (Wildman–Crippen MR) is 121 cm³/mol. The molecule has 0 bridgehead atoms. The molecule has 1 aromatic heterocycles. The third-order valence-electron chi connectivity index (χ3n) is 5.55. The van der Waals surface area contributed by atoms with Crippen LogP contribution in [0, 0.1) is 11.7 Å². The number of carbonyl (C=O) groups excluding carboxylic acids is 1. The molecule has 1 heterocycles. The summed E-state index contributed by atoms with van der Waals surface area (Å²) < 4.78 is 52.9. The summed E-state index contributed by atoms with van der Waals surface area (Å²) in [5.41, 5.74) is 2.36. The summed E-state index contributed by atoms with van der Waals surface area (Å²) in [6.07, 6.45) is 5.60. The molecule has 3 rings (SSSR count). The first-order valence-corrected chi connectivity index (χ1v) is 12.2. The summed E-state index contributed by atoms with van der Waals surface area (Å²) in [6, 6.07) is 5.78. The fourth-order valence-electron chi connectivity index (χ4n) is 3.60. The predicted octanol–water partition coefficient (Wildman–Crippen LogP) is 3.48. The number of carbonyl (C=O) groups is 1. The fourth-order valence-corrected chi connectivity index (χ4v) is 5.20. The quantitative estimate of drug-likeness (QED) is 0.596. The smallest absolute Gasteiger partial charge is 0.243 e. The van der Waals surface area contributed by atoms with Crippen molar-refractivity contribution >= 4 is 21.5 Å². The SMILES string of the molecule is CC(C)N(CC(=O)NCc1cc(C2=CCC(CF)CC2)ncn1)S(=O)(=O)c1ccc(F)cc1. The number of benzene rings is 1. The minimum Gasteiger partial charge on any atom is -0.349 e. The molecule has 1 aliphatic rings. The number of amides is 1. The summed E-state index contributed by atoms with van der Waals surface area (Å²) in [5, 5.41) is 2.70. The van der Waals surface area contributed by atoms with Gasteiger partial charge in [-0.25, -0.2) is 22.8 Å². The lowest BCUT2D eigenvalue weighted by Crippen LogP contribution is -2.44. The van der Waals surface area contributed by atoms with Crippen molar-refractivity contribution in [3.63, 3.8) is 0 Å². The molecular weight excluding hydrogens is 450 g/mol. The highest BCUT2D eigenvalue weighted by atomic mass is 32.2. The van der Waals surface area contributed by atoms with E-state index in [1.807, 2.05) is 6.08 Å². The van der Waals surface area contributed by atoms with E-state index < -0.39 is 27.8 Å². The Kier molecular flexibility index (Phi) is 8.25. The average molecular weight is 479 g/mol. The van der Waals surface area contributed by atoms with Crippen LogP contribution in [0.4, 0.5) is 8.78 Å². The number of alkyl halides is 1. The standard InChI is InChI=1S/C23H28F2N4O3S/c1-16(2)29(33(31,32)21-9-7-19(25)8-10-21)14-23(30)26-13-20-11-22(28-15-27-20)18-5-3-17(12-24)4-6-18/h5,7-11,15-17H,3-4,6,12-14H2,1-2H3,(H,26,30). The van der Waals surface area contributed by atoms with E-state index in [4.69, 9.17) is 0 Å². The summed E-state index contributed by atoms with van der Waals surface area (Å²) in [5.74, 6) is -0.972. The van der Waals surface area contributed by atoms with E-state index in [-0.39, 0.29) is 30.6 Å². The first kappa shape index (κ1) is 24.9. The van der Waals surface area contributed by atoms with Crippen molar-refractivity contribution in [2.75, 3.05) is 13.2 Å². The number of rotatable bonds is 9. The van der Waals surface area contributed by atoms with Crippen molar-refractivity contribution in [2.45, 2.75) is 50.6 Å². The molecule has 0 saturated carbocycles. The Morgan fingerprint density at radius 1 is 1.24 bits per heavy atom. The first-order chi connectivity index (χ1) is 15.7. The van der Waals surface area contributed by atoms with Crippen LogP contribution in [0.5, 0.6) is 0 Å². The largest absolute Gasteiger partial charge is 0.349 e. The van der Waals surface area contributed by atoms with Crippen molar-refractivity contribution in [1.29, 1.82) is 0 Å². The summed E-state index contributed by atoms with van der Waals surface area (Å²) in [6.45, 7) is 2.73. The van der Waals surface area contributed by atoms with Gasteiger partial charge in [0.25, 0.3) is 0 Å². The Morgan fingerprint density at radius 3 is 2.58 bits per heavy atom. The monoisotopic (exact) mass is 478 g/mol. The van der Waals surface area contributed by atoms with Gasteiger partial charge in [0.1, 0.15) is 12.1 Å². The van der Waals surface area contributed by atoms with Crippen LogP contribution >= 0.6 is 0 Å². The molecule has 1 aromatic carbocycles. The molecule has 10 heteroatoms. The van der Waals surface area contributed by atoms with Crippen LogP contribution in [0.2, 0.25) is 0 Å². The first-order valence-electron chi connectivity index (χ1n) is 10.8. The molecule has 0 radical (unpaired) electrons. The zero-order chi connectivity index (χ0) is 24.0. The lowest BCUT2D eigenvalue weighted by molar-refractivity contribution is -0.121. The minimum atomic E-state index is -3.98. The highest BCUT2D eigenvalue weighted by Crippen LogP contribution is 2.29. The van der Waals surface area contributed by atoms with Crippen LogP contribution in [0.3, 0.4) is 0 Å². The molecule has 2 aromatic rings. The van der Waals surface area contributed by atoms with Crippen molar-refractivity contribution in [3.05, 3.63) is 59.9 Å². The van der Waals surface area contributed by atoms with Crippen molar-refractivity contribution in [3.8, 4) is 0 Å². The van der Waals surface area contributed by atoms with Gasteiger partial charge in [-0.3, -0.25) is 9.18 Å². The van der Waals surface area contributed by atoms with Crippen molar-refractivity contribution in [2.24, 2.45) is 5.92 Å². The van der Waals surface area contributed by atoms with E-state index in [0.717, 1.165) is 40.5 Å². The molecule has 0 saturated heterocycles. The van der Waals surface area contributed by atoms with E-state index in [1.165, 1.54) is 18.5 Å². The molecular formula is C23H28F2N4O3S. The number of aromatic nitrogens is 2. The highest BCUT2D eigenvalue weighted by Gasteiger charge is 2.29. The lowest BCUT2D eigenvalue weighted by Gasteiger charge is -2.25. The van der Waals surface area contributed by atoms with Gasteiger partial charge in [-0.15, -0.1) is 0 Å². The Labute approximate surface area is 193 Å². The normalized spacial score (nSPS) is 16.7. The van der Waals surface area contributed by atoms with Gasteiger partial charge in [0.15, 0.2) is 0 Å². The number of sulfonamides is 1. The van der Waals surface area contributed by atoms with Gasteiger partial charge < -0.3 is 5.32 Å². The molecule has 33 heavy (non-hydrogen) atoms. The van der Waals surface area contributed by atoms with Crippen LogP contribution in [0.25, 0.3) is 5.57 Å². The second-order valence-corrected chi connectivity index (χ2v) is 10.2. The Balaban J connectivity index is 1.64. The number of hydrogen-bond acceptors (Lipinski definition) is 5. The van der Waals surface area contributed by atoms with Crippen molar-refractivity contribution in [1.82, 2.24) is 19.6 Å². The van der Waals surface area contributed by atoms with E-state index in [1.54, 1.807) is 19.9 Å². The lowest BCUT2D eigenvalue weighted by atomic mass is 9.89. The molecule has 1 atom stereocenters. The van der Waals surface area contributed by atoms with Gasteiger partial charge in [-0.05, 0) is 74.9 Å². The minimum absolute atomic E-state index is 0.0597. The van der Waals surface area contributed by atoms with E-state index in [0.29, 0.717) is 12.1 Å². The Morgan fingerprint density at radius 2 is 1.97 bits per heavy atom. The molecule has 1 aliphatic carbocycles. The molecule has 0 spiro atoms. The number of nitrogens with one attached hydrogen (secondary N) is 1. The number of halogens is 2. The van der Waals surface area contributed by atoms with Crippen LogP contribution in [0.15, 0.2) is 47.6 Å². The number of nitrogens with zero attached hydrogens (tertiary/aromatic N) is 3. The van der Waals surface area contributed by atoms with E-state index >= 15 is 0 Å². The third-order valence-corrected chi connectivity index (χ3v) is 7.59. The maximum atomic E-state index is 13.2. The Bertz CT molecular complexity index is 1100. The molecule has 1 N–H and O–H groups in total. The molecule has 1 amide bonds. The second-order valence-electron chi connectivity index (χ2n) is 8.29. The fraction of sp³-hybridized carbons (Fsp3) is 0.435. The van der Waals surface area contributed by atoms with Gasteiger partial charge in [-0.1, -0.05) is 6.08 Å². The zero-order valence-electron chi connectivity index (χ0n) is 18.7. The maximum Gasteiger partial charge on any atom is 0.243 e. The zero-order valence-corrected chi connectivity index (χ0v) is 19.5. The molecule has 0 aliphatic heterocycles. The molecule has 1 unspecified atom stereocenters. The average Bonchev–Trinajstić information content (AvgIpc) is 2.81. The number of hydrogen-bond donors (Lipinski definition) is 1.